The van der Waals surface area contributed by atoms with E-state index in [9.17, 15) is 9.59 Å². The predicted molar refractivity (Wildman–Crippen MR) is 115 cm³/mol. The van der Waals surface area contributed by atoms with Crippen molar-refractivity contribution in [1.82, 2.24) is 20.0 Å². The van der Waals surface area contributed by atoms with Gasteiger partial charge in [0.05, 0.1) is 0 Å². The lowest BCUT2D eigenvalue weighted by atomic mass is 9.92. The molecule has 2 heterocycles. The van der Waals surface area contributed by atoms with Crippen molar-refractivity contribution in [1.29, 1.82) is 0 Å². The first-order valence-corrected chi connectivity index (χ1v) is 11.0. The highest BCUT2D eigenvalue weighted by molar-refractivity contribution is 5.79. The molecule has 1 aromatic carbocycles. The maximum Gasteiger partial charge on any atom is 0.317 e. The Morgan fingerprint density at radius 3 is 2.38 bits per heavy atom. The molecule has 3 amide bonds. The maximum absolute atomic E-state index is 12.9. The molecule has 29 heavy (non-hydrogen) atoms. The van der Waals surface area contributed by atoms with Crippen LogP contribution in [0.5, 0.6) is 0 Å². The lowest BCUT2D eigenvalue weighted by Gasteiger charge is -2.55. The molecular formula is C23H36N4O2. The van der Waals surface area contributed by atoms with Crippen LogP contribution in [0, 0.1) is 5.92 Å². The molecule has 0 radical (unpaired) electrons. The van der Waals surface area contributed by atoms with Crippen molar-refractivity contribution < 1.29 is 9.59 Å². The number of nitrogens with zero attached hydrogens (tertiary/aromatic N) is 3. The van der Waals surface area contributed by atoms with Crippen LogP contribution in [0.15, 0.2) is 30.3 Å². The summed E-state index contributed by atoms with van der Waals surface area (Å²) in [4.78, 5) is 32.2. The molecule has 1 aromatic rings. The highest BCUT2D eigenvalue weighted by Crippen LogP contribution is 2.29. The summed E-state index contributed by atoms with van der Waals surface area (Å²) < 4.78 is 0. The molecule has 0 saturated carbocycles. The summed E-state index contributed by atoms with van der Waals surface area (Å²) >= 11 is 0. The van der Waals surface area contributed by atoms with E-state index in [4.69, 9.17) is 0 Å². The van der Waals surface area contributed by atoms with E-state index in [1.807, 2.05) is 40.1 Å². The molecule has 1 N–H and O–H groups in total. The molecular weight excluding hydrogens is 364 g/mol. The van der Waals surface area contributed by atoms with Gasteiger partial charge in [-0.15, -0.1) is 0 Å². The van der Waals surface area contributed by atoms with Crippen molar-refractivity contribution in [3.8, 4) is 0 Å². The van der Waals surface area contributed by atoms with Gasteiger partial charge in [-0.1, -0.05) is 44.2 Å². The third-order valence-corrected chi connectivity index (χ3v) is 6.49. The van der Waals surface area contributed by atoms with Gasteiger partial charge in [-0.05, 0) is 32.3 Å². The van der Waals surface area contributed by atoms with Crippen LogP contribution in [-0.4, -0.2) is 70.9 Å². The van der Waals surface area contributed by atoms with Crippen LogP contribution in [-0.2, 0) is 11.3 Å². The number of carbonyl (C=O) groups is 2. The predicted octanol–water partition coefficient (Wildman–Crippen LogP) is 2.94. The Bertz CT molecular complexity index is 702. The lowest BCUT2D eigenvalue weighted by Crippen LogP contribution is -2.71. The van der Waals surface area contributed by atoms with E-state index < -0.39 is 0 Å². The van der Waals surface area contributed by atoms with Crippen LogP contribution in [0.2, 0.25) is 0 Å². The van der Waals surface area contributed by atoms with Gasteiger partial charge < -0.3 is 15.1 Å². The molecule has 6 heteroatoms. The van der Waals surface area contributed by atoms with Gasteiger partial charge in [-0.2, -0.15) is 0 Å². The first kappa shape index (κ1) is 21.6. The van der Waals surface area contributed by atoms with Gasteiger partial charge in [-0.25, -0.2) is 4.79 Å². The molecule has 0 aliphatic carbocycles. The van der Waals surface area contributed by atoms with Crippen molar-refractivity contribution in [2.45, 2.75) is 58.7 Å². The average molecular weight is 401 g/mol. The number of amides is 3. The summed E-state index contributed by atoms with van der Waals surface area (Å²) in [5.74, 6) is 0.390. The van der Waals surface area contributed by atoms with E-state index in [2.05, 4.69) is 37.9 Å². The van der Waals surface area contributed by atoms with Crippen LogP contribution < -0.4 is 5.32 Å². The summed E-state index contributed by atoms with van der Waals surface area (Å²) in [5.41, 5.74) is 0.996. The van der Waals surface area contributed by atoms with E-state index in [0.717, 1.165) is 31.5 Å². The molecule has 6 nitrogen and oxygen atoms in total. The first-order valence-electron chi connectivity index (χ1n) is 11.0. The van der Waals surface area contributed by atoms with E-state index >= 15 is 0 Å². The molecule has 2 fully saturated rings. The third kappa shape index (κ3) is 4.92. The third-order valence-electron chi connectivity index (χ3n) is 6.49. The lowest BCUT2D eigenvalue weighted by molar-refractivity contribution is -0.142. The quantitative estimate of drug-likeness (QED) is 0.827. The standard InChI is InChI=1S/C23H36N4O2/c1-5-19(6-2)21(28)25-12-13-27-20(15-25)16-26(17-23(27,3)4)22(29)24-14-18-10-8-7-9-11-18/h7-11,19-20H,5-6,12-17H2,1-4H3,(H,24,29)/t20-/m0/s1. The Morgan fingerprint density at radius 2 is 1.72 bits per heavy atom. The molecule has 0 unspecified atom stereocenters. The molecule has 0 spiro atoms. The van der Waals surface area contributed by atoms with Crippen molar-refractivity contribution in [2.75, 3.05) is 32.7 Å². The van der Waals surface area contributed by atoms with E-state index in [0.29, 0.717) is 26.2 Å². The van der Waals surface area contributed by atoms with Gasteiger partial charge in [0.2, 0.25) is 5.91 Å². The molecule has 3 rings (SSSR count). The SMILES string of the molecule is CCC(CC)C(=O)N1CCN2[C@H](CN(C(=O)NCc3ccccc3)CC2(C)C)C1. The Morgan fingerprint density at radius 1 is 1.07 bits per heavy atom. The van der Waals surface area contributed by atoms with Crippen LogP contribution in [0.3, 0.4) is 0 Å². The summed E-state index contributed by atoms with van der Waals surface area (Å²) in [7, 11) is 0. The minimum Gasteiger partial charge on any atom is -0.340 e. The zero-order valence-electron chi connectivity index (χ0n) is 18.4. The van der Waals surface area contributed by atoms with Gasteiger partial charge in [0.15, 0.2) is 0 Å². The number of hydrogen-bond donors (Lipinski definition) is 1. The maximum atomic E-state index is 12.9. The Hall–Kier alpha value is -2.08. The number of piperazine rings is 2. The van der Waals surface area contributed by atoms with Crippen LogP contribution >= 0.6 is 0 Å². The Labute approximate surface area is 175 Å². The largest absolute Gasteiger partial charge is 0.340 e. The summed E-state index contributed by atoms with van der Waals surface area (Å²) in [5, 5.41) is 3.06. The van der Waals surface area contributed by atoms with Gasteiger partial charge in [-0.3, -0.25) is 9.69 Å². The van der Waals surface area contributed by atoms with Crippen molar-refractivity contribution in [3.63, 3.8) is 0 Å². The normalized spacial score (nSPS) is 21.8. The highest BCUT2D eigenvalue weighted by Gasteiger charge is 2.44. The molecule has 2 aliphatic rings. The van der Waals surface area contributed by atoms with Gasteiger partial charge >= 0.3 is 6.03 Å². The van der Waals surface area contributed by atoms with Gasteiger partial charge in [0.25, 0.3) is 0 Å². The zero-order chi connectivity index (χ0) is 21.0. The van der Waals surface area contributed by atoms with Crippen molar-refractivity contribution in [3.05, 3.63) is 35.9 Å². The molecule has 0 aromatic heterocycles. The van der Waals surface area contributed by atoms with Crippen LogP contribution in [0.25, 0.3) is 0 Å². The average Bonchev–Trinajstić information content (AvgIpc) is 2.72. The fourth-order valence-electron chi connectivity index (χ4n) is 4.82. The summed E-state index contributed by atoms with van der Waals surface area (Å²) in [6, 6.07) is 10.1. The number of carbonyl (C=O) groups excluding carboxylic acids is 2. The number of urea groups is 1. The minimum absolute atomic E-state index is 0.0231. The second-order valence-corrected chi connectivity index (χ2v) is 8.98. The fourth-order valence-corrected chi connectivity index (χ4v) is 4.82. The van der Waals surface area contributed by atoms with Gasteiger partial charge in [0, 0.05) is 56.8 Å². The number of benzene rings is 1. The first-order chi connectivity index (χ1) is 13.9. The fraction of sp³-hybridized carbons (Fsp3) is 0.652. The van der Waals surface area contributed by atoms with Crippen molar-refractivity contribution >= 4 is 11.9 Å². The molecule has 2 aliphatic heterocycles. The van der Waals surface area contributed by atoms with Crippen LogP contribution in [0.4, 0.5) is 4.79 Å². The monoisotopic (exact) mass is 400 g/mol. The summed E-state index contributed by atoms with van der Waals surface area (Å²) in [6.07, 6.45) is 1.78. The van der Waals surface area contributed by atoms with E-state index in [1.54, 1.807) is 0 Å². The molecule has 1 atom stereocenters. The van der Waals surface area contributed by atoms with Gasteiger partial charge in [0.1, 0.15) is 0 Å². The van der Waals surface area contributed by atoms with E-state index in [-0.39, 0.29) is 29.4 Å². The minimum atomic E-state index is -0.100. The van der Waals surface area contributed by atoms with E-state index in [1.165, 1.54) is 0 Å². The van der Waals surface area contributed by atoms with Crippen molar-refractivity contribution in [2.24, 2.45) is 5.92 Å². The molecule has 2 saturated heterocycles. The number of rotatable bonds is 5. The number of nitrogens with one attached hydrogen (secondary N) is 1. The number of hydrogen-bond acceptors (Lipinski definition) is 3. The second-order valence-electron chi connectivity index (χ2n) is 8.98. The smallest absolute Gasteiger partial charge is 0.317 e. The number of fused-ring (bicyclic) bond motifs is 1. The highest BCUT2D eigenvalue weighted by atomic mass is 16.2. The Balaban J connectivity index is 1.64. The molecule has 160 valence electrons. The summed E-state index contributed by atoms with van der Waals surface area (Å²) in [6.45, 7) is 12.9. The second kappa shape index (κ2) is 9.16. The topological polar surface area (TPSA) is 55.9 Å². The Kier molecular flexibility index (Phi) is 6.83. The zero-order valence-corrected chi connectivity index (χ0v) is 18.4. The molecule has 0 bridgehead atoms. The van der Waals surface area contributed by atoms with Crippen LogP contribution in [0.1, 0.15) is 46.1 Å².